The molecule has 0 aromatic heterocycles. The molecule has 0 fully saturated rings. The average Bonchev–Trinajstić information content (AvgIpc) is 2.73. The number of hydrogen-bond donors (Lipinski definition) is 1. The molecule has 3 aromatic carbocycles. The Kier molecular flexibility index (Phi) is 6.80. The van der Waals surface area contributed by atoms with Crippen LogP contribution in [0.4, 0.5) is 11.4 Å². The number of hydrogen-bond acceptors (Lipinski definition) is 3. The van der Waals surface area contributed by atoms with Crippen LogP contribution in [0.15, 0.2) is 83.8 Å². The summed E-state index contributed by atoms with van der Waals surface area (Å²) in [5, 5.41) is 3.09. The Hall–Kier alpha value is -2.83. The number of anilines is 2. The standard InChI is InChI=1S/C23H23ClN2O3S/c1-17(2)19-12-6-8-14-21(19)25-23(27)16-26(22-15-9-7-13-20(22)24)30(28,29)18-10-4-3-5-11-18/h3-15,17H,16H2,1-2H3,(H,25,27). The molecule has 0 spiro atoms. The summed E-state index contributed by atoms with van der Waals surface area (Å²) in [7, 11) is -4.00. The van der Waals surface area contributed by atoms with Gasteiger partial charge in [0.2, 0.25) is 5.91 Å². The number of para-hydroxylation sites is 2. The molecule has 0 aliphatic rings. The lowest BCUT2D eigenvalue weighted by Gasteiger charge is -2.25. The monoisotopic (exact) mass is 442 g/mol. The zero-order chi connectivity index (χ0) is 21.7. The maximum absolute atomic E-state index is 13.3. The van der Waals surface area contributed by atoms with Crippen LogP contribution in [-0.4, -0.2) is 20.9 Å². The van der Waals surface area contributed by atoms with Gasteiger partial charge in [-0.2, -0.15) is 0 Å². The van der Waals surface area contributed by atoms with Crippen LogP contribution >= 0.6 is 11.6 Å². The highest BCUT2D eigenvalue weighted by Gasteiger charge is 2.28. The number of carbonyl (C=O) groups excluding carboxylic acids is 1. The van der Waals surface area contributed by atoms with Crippen molar-refractivity contribution in [2.75, 3.05) is 16.2 Å². The van der Waals surface area contributed by atoms with Crippen molar-refractivity contribution < 1.29 is 13.2 Å². The third-order valence-electron chi connectivity index (χ3n) is 4.60. The quantitative estimate of drug-likeness (QED) is 0.540. The molecule has 0 bridgehead atoms. The second-order valence-electron chi connectivity index (χ2n) is 7.07. The Labute approximate surface area is 182 Å². The van der Waals surface area contributed by atoms with E-state index in [9.17, 15) is 13.2 Å². The van der Waals surface area contributed by atoms with E-state index in [1.54, 1.807) is 48.5 Å². The third-order valence-corrected chi connectivity index (χ3v) is 6.69. The molecule has 0 unspecified atom stereocenters. The molecule has 7 heteroatoms. The van der Waals surface area contributed by atoms with Crippen molar-refractivity contribution in [1.82, 2.24) is 0 Å². The number of halogens is 1. The van der Waals surface area contributed by atoms with E-state index in [4.69, 9.17) is 11.6 Å². The van der Waals surface area contributed by atoms with Crippen LogP contribution in [-0.2, 0) is 14.8 Å². The summed E-state index contributed by atoms with van der Waals surface area (Å²) in [6, 6.07) is 22.0. The molecule has 0 saturated heterocycles. The third kappa shape index (κ3) is 4.83. The van der Waals surface area contributed by atoms with E-state index in [-0.39, 0.29) is 21.5 Å². The number of nitrogens with zero attached hydrogens (tertiary/aromatic N) is 1. The summed E-state index contributed by atoms with van der Waals surface area (Å²) in [4.78, 5) is 13.0. The van der Waals surface area contributed by atoms with Gasteiger partial charge in [0.1, 0.15) is 6.54 Å². The zero-order valence-corrected chi connectivity index (χ0v) is 18.3. The minimum atomic E-state index is -4.00. The van der Waals surface area contributed by atoms with E-state index in [1.807, 2.05) is 32.0 Å². The fourth-order valence-corrected chi connectivity index (χ4v) is 4.86. The topological polar surface area (TPSA) is 66.5 Å². The number of rotatable bonds is 7. The van der Waals surface area contributed by atoms with Crippen molar-refractivity contribution in [2.45, 2.75) is 24.7 Å². The van der Waals surface area contributed by atoms with E-state index >= 15 is 0 Å². The van der Waals surface area contributed by atoms with Crippen LogP contribution in [0.2, 0.25) is 5.02 Å². The highest BCUT2D eigenvalue weighted by molar-refractivity contribution is 7.92. The van der Waals surface area contributed by atoms with Gasteiger partial charge in [-0.3, -0.25) is 9.10 Å². The van der Waals surface area contributed by atoms with Crippen molar-refractivity contribution in [3.05, 3.63) is 89.4 Å². The number of carbonyl (C=O) groups is 1. The Morgan fingerprint density at radius 2 is 1.53 bits per heavy atom. The molecule has 3 rings (SSSR count). The number of amides is 1. The molecule has 0 atom stereocenters. The Morgan fingerprint density at radius 1 is 0.933 bits per heavy atom. The molecule has 0 aliphatic carbocycles. The first-order valence-electron chi connectivity index (χ1n) is 9.52. The van der Waals surface area contributed by atoms with Crippen LogP contribution in [0.5, 0.6) is 0 Å². The summed E-state index contributed by atoms with van der Waals surface area (Å²) >= 11 is 6.29. The largest absolute Gasteiger partial charge is 0.324 e. The molecule has 1 N–H and O–H groups in total. The highest BCUT2D eigenvalue weighted by atomic mass is 35.5. The van der Waals surface area contributed by atoms with Crippen LogP contribution in [0, 0.1) is 0 Å². The SMILES string of the molecule is CC(C)c1ccccc1NC(=O)CN(c1ccccc1Cl)S(=O)(=O)c1ccccc1. The van der Waals surface area contributed by atoms with Gasteiger partial charge in [-0.15, -0.1) is 0 Å². The summed E-state index contributed by atoms with van der Waals surface area (Å²) in [5.74, 6) is -0.253. The van der Waals surface area contributed by atoms with Gasteiger partial charge in [0.15, 0.2) is 0 Å². The normalized spacial score (nSPS) is 11.3. The van der Waals surface area contributed by atoms with Crippen molar-refractivity contribution in [3.63, 3.8) is 0 Å². The summed E-state index contributed by atoms with van der Waals surface area (Å²) in [6.45, 7) is 3.65. The molecule has 0 saturated carbocycles. The van der Waals surface area contributed by atoms with Gasteiger partial charge in [-0.25, -0.2) is 8.42 Å². The highest BCUT2D eigenvalue weighted by Crippen LogP contribution is 2.30. The molecule has 30 heavy (non-hydrogen) atoms. The molecule has 0 heterocycles. The van der Waals surface area contributed by atoms with Gasteiger partial charge in [-0.05, 0) is 41.8 Å². The van der Waals surface area contributed by atoms with Gasteiger partial charge >= 0.3 is 0 Å². The Bertz CT molecular complexity index is 1130. The van der Waals surface area contributed by atoms with Gasteiger partial charge in [0.05, 0.1) is 15.6 Å². The van der Waals surface area contributed by atoms with E-state index in [1.165, 1.54) is 12.1 Å². The van der Waals surface area contributed by atoms with Gasteiger partial charge in [0, 0.05) is 5.69 Å². The van der Waals surface area contributed by atoms with Gasteiger partial charge < -0.3 is 5.32 Å². The molecule has 3 aromatic rings. The lowest BCUT2D eigenvalue weighted by molar-refractivity contribution is -0.114. The lowest BCUT2D eigenvalue weighted by Crippen LogP contribution is -2.38. The summed E-state index contributed by atoms with van der Waals surface area (Å²) in [6.07, 6.45) is 0. The van der Waals surface area contributed by atoms with Crippen LogP contribution in [0.3, 0.4) is 0 Å². The zero-order valence-electron chi connectivity index (χ0n) is 16.7. The first kappa shape index (κ1) is 21.9. The number of benzene rings is 3. The molecular weight excluding hydrogens is 420 g/mol. The molecule has 156 valence electrons. The van der Waals surface area contributed by atoms with Crippen LogP contribution in [0.25, 0.3) is 0 Å². The molecule has 0 aliphatic heterocycles. The van der Waals surface area contributed by atoms with Crippen molar-refractivity contribution in [3.8, 4) is 0 Å². The van der Waals surface area contributed by atoms with Gasteiger partial charge in [0.25, 0.3) is 10.0 Å². The second-order valence-corrected chi connectivity index (χ2v) is 9.34. The van der Waals surface area contributed by atoms with Crippen molar-refractivity contribution >= 4 is 38.9 Å². The van der Waals surface area contributed by atoms with Crippen LogP contribution < -0.4 is 9.62 Å². The van der Waals surface area contributed by atoms with E-state index in [0.717, 1.165) is 9.87 Å². The Balaban J connectivity index is 1.96. The fraction of sp³-hybridized carbons (Fsp3) is 0.174. The minimum Gasteiger partial charge on any atom is -0.324 e. The molecule has 0 radical (unpaired) electrons. The maximum atomic E-state index is 13.3. The van der Waals surface area contributed by atoms with Gasteiger partial charge in [-0.1, -0.05) is 74.0 Å². The average molecular weight is 443 g/mol. The smallest absolute Gasteiger partial charge is 0.264 e. The second kappa shape index (κ2) is 9.32. The minimum absolute atomic E-state index is 0.0836. The Morgan fingerprint density at radius 3 is 2.20 bits per heavy atom. The van der Waals surface area contributed by atoms with E-state index in [0.29, 0.717) is 5.69 Å². The molecule has 5 nitrogen and oxygen atoms in total. The van der Waals surface area contributed by atoms with Crippen molar-refractivity contribution in [1.29, 1.82) is 0 Å². The first-order valence-corrected chi connectivity index (χ1v) is 11.3. The maximum Gasteiger partial charge on any atom is 0.264 e. The first-order chi connectivity index (χ1) is 14.3. The van der Waals surface area contributed by atoms with Crippen LogP contribution in [0.1, 0.15) is 25.3 Å². The molecule has 1 amide bonds. The van der Waals surface area contributed by atoms with Crippen molar-refractivity contribution in [2.24, 2.45) is 0 Å². The fourth-order valence-electron chi connectivity index (χ4n) is 3.11. The van der Waals surface area contributed by atoms with E-state index in [2.05, 4.69) is 5.32 Å². The predicted molar refractivity (Wildman–Crippen MR) is 122 cm³/mol. The predicted octanol–water partition coefficient (Wildman–Crippen LogP) is 5.30. The number of sulfonamides is 1. The lowest BCUT2D eigenvalue weighted by atomic mass is 10.0. The summed E-state index contributed by atoms with van der Waals surface area (Å²) in [5.41, 5.74) is 1.88. The summed E-state index contributed by atoms with van der Waals surface area (Å²) < 4.78 is 27.7. The molecular formula is C23H23ClN2O3S. The van der Waals surface area contributed by atoms with E-state index < -0.39 is 22.5 Å². The number of nitrogens with one attached hydrogen (secondary N) is 1.